The Hall–Kier alpha value is -1.89. The van der Waals surface area contributed by atoms with Gasteiger partial charge in [0.1, 0.15) is 5.70 Å². The van der Waals surface area contributed by atoms with Gasteiger partial charge in [0.05, 0.1) is 6.67 Å². The first-order valence-electron chi connectivity index (χ1n) is 7.54. The van der Waals surface area contributed by atoms with Crippen LogP contribution in [0, 0.1) is 6.92 Å². The Balaban J connectivity index is 1.73. The van der Waals surface area contributed by atoms with Gasteiger partial charge in [0.15, 0.2) is 5.11 Å². The highest BCUT2D eigenvalue weighted by atomic mass is 79.9. The van der Waals surface area contributed by atoms with Gasteiger partial charge in [-0.2, -0.15) is 0 Å². The van der Waals surface area contributed by atoms with Gasteiger partial charge in [0, 0.05) is 15.2 Å². The second kappa shape index (κ2) is 7.56. The summed E-state index contributed by atoms with van der Waals surface area (Å²) in [6.45, 7) is 2.24. The van der Waals surface area contributed by atoms with Crippen LogP contribution < -0.4 is 10.6 Å². The molecule has 1 heterocycles. The van der Waals surface area contributed by atoms with Crippen molar-refractivity contribution in [2.75, 3.05) is 12.0 Å². The summed E-state index contributed by atoms with van der Waals surface area (Å²) in [5.74, 6) is -0.167. The van der Waals surface area contributed by atoms with Gasteiger partial charge >= 0.3 is 0 Å². The van der Waals surface area contributed by atoms with Gasteiger partial charge in [-0.25, -0.2) is 0 Å². The van der Waals surface area contributed by atoms with Crippen LogP contribution in [0.3, 0.4) is 0 Å². The molecule has 2 aromatic rings. The van der Waals surface area contributed by atoms with E-state index in [-0.39, 0.29) is 12.6 Å². The molecule has 1 amide bonds. The fourth-order valence-corrected chi connectivity index (χ4v) is 3.08. The SMILES string of the molecule is Cc1ccc(Cl)cc1NCN1C(=O)C(=Cc2ccc(Br)cc2)NC1=S. The lowest BCUT2D eigenvalue weighted by atomic mass is 10.2. The number of benzene rings is 2. The number of hydrogen-bond donors (Lipinski definition) is 2. The predicted molar refractivity (Wildman–Crippen MR) is 109 cm³/mol. The molecule has 0 saturated carbocycles. The van der Waals surface area contributed by atoms with E-state index in [4.69, 9.17) is 23.8 Å². The molecule has 1 saturated heterocycles. The molecule has 1 aliphatic rings. The van der Waals surface area contributed by atoms with Crippen LogP contribution >= 0.6 is 39.7 Å². The molecule has 0 spiro atoms. The number of nitrogens with one attached hydrogen (secondary N) is 2. The molecule has 1 aliphatic heterocycles. The highest BCUT2D eigenvalue weighted by molar-refractivity contribution is 9.10. The Labute approximate surface area is 165 Å². The molecule has 7 heteroatoms. The average Bonchev–Trinajstić information content (AvgIpc) is 2.84. The van der Waals surface area contributed by atoms with E-state index in [1.165, 1.54) is 4.90 Å². The summed E-state index contributed by atoms with van der Waals surface area (Å²) in [7, 11) is 0. The first kappa shape index (κ1) is 17.9. The zero-order chi connectivity index (χ0) is 18.0. The Morgan fingerprint density at radius 3 is 2.72 bits per heavy atom. The van der Waals surface area contributed by atoms with Crippen molar-refractivity contribution in [1.82, 2.24) is 10.2 Å². The predicted octanol–water partition coefficient (Wildman–Crippen LogP) is 4.54. The lowest BCUT2D eigenvalue weighted by molar-refractivity contribution is -0.122. The maximum Gasteiger partial charge on any atom is 0.278 e. The number of hydrogen-bond acceptors (Lipinski definition) is 3. The van der Waals surface area contributed by atoms with Crippen LogP contribution in [0.4, 0.5) is 5.69 Å². The van der Waals surface area contributed by atoms with Gasteiger partial charge in [-0.05, 0) is 60.6 Å². The molecule has 2 aromatic carbocycles. The molecule has 0 bridgehead atoms. The van der Waals surface area contributed by atoms with Crippen molar-refractivity contribution in [3.8, 4) is 0 Å². The van der Waals surface area contributed by atoms with Crippen molar-refractivity contribution in [2.24, 2.45) is 0 Å². The number of nitrogens with zero attached hydrogens (tertiary/aromatic N) is 1. The van der Waals surface area contributed by atoms with Crippen molar-refractivity contribution in [1.29, 1.82) is 0 Å². The Kier molecular flexibility index (Phi) is 5.42. The summed E-state index contributed by atoms with van der Waals surface area (Å²) in [6, 6.07) is 13.3. The van der Waals surface area contributed by atoms with Crippen LogP contribution in [0.5, 0.6) is 0 Å². The third-order valence-electron chi connectivity index (χ3n) is 3.77. The highest BCUT2D eigenvalue weighted by Gasteiger charge is 2.30. The van der Waals surface area contributed by atoms with Crippen LogP contribution in [0.2, 0.25) is 5.02 Å². The molecule has 4 nitrogen and oxygen atoms in total. The van der Waals surface area contributed by atoms with Gasteiger partial charge in [0.25, 0.3) is 5.91 Å². The molecule has 0 atom stereocenters. The van der Waals surface area contributed by atoms with E-state index in [9.17, 15) is 4.79 Å². The van der Waals surface area contributed by atoms with E-state index in [2.05, 4.69) is 26.6 Å². The first-order valence-corrected chi connectivity index (χ1v) is 9.12. The van der Waals surface area contributed by atoms with E-state index in [1.54, 1.807) is 6.08 Å². The van der Waals surface area contributed by atoms with E-state index in [0.717, 1.165) is 21.3 Å². The number of thiocarbonyl (C=S) groups is 1. The fourth-order valence-electron chi connectivity index (χ4n) is 2.39. The zero-order valence-corrected chi connectivity index (χ0v) is 16.5. The smallest absolute Gasteiger partial charge is 0.278 e. The normalized spacial score (nSPS) is 15.6. The minimum atomic E-state index is -0.167. The van der Waals surface area contributed by atoms with Crippen molar-refractivity contribution in [3.63, 3.8) is 0 Å². The number of carbonyl (C=O) groups excluding carboxylic acids is 1. The Bertz CT molecular complexity index is 867. The maximum atomic E-state index is 12.6. The van der Waals surface area contributed by atoms with E-state index in [1.807, 2.05) is 49.4 Å². The maximum absolute atomic E-state index is 12.6. The second-order valence-electron chi connectivity index (χ2n) is 5.57. The van der Waals surface area contributed by atoms with Crippen LogP contribution in [0.1, 0.15) is 11.1 Å². The molecule has 0 aliphatic carbocycles. The number of rotatable bonds is 4. The summed E-state index contributed by atoms with van der Waals surface area (Å²) in [5.41, 5.74) is 3.29. The molecule has 0 radical (unpaired) electrons. The third-order valence-corrected chi connectivity index (χ3v) is 4.86. The Morgan fingerprint density at radius 2 is 2.00 bits per heavy atom. The zero-order valence-electron chi connectivity index (χ0n) is 13.3. The number of halogens is 2. The minimum absolute atomic E-state index is 0.167. The first-order chi connectivity index (χ1) is 11.9. The molecular formula is C18H15BrClN3OS. The van der Waals surface area contributed by atoms with Gasteiger partial charge in [-0.3, -0.25) is 9.69 Å². The van der Waals surface area contributed by atoms with Gasteiger partial charge < -0.3 is 10.6 Å². The van der Waals surface area contributed by atoms with Gasteiger partial charge in [-0.15, -0.1) is 0 Å². The number of aryl methyl sites for hydroxylation is 1. The topological polar surface area (TPSA) is 44.4 Å². The van der Waals surface area contributed by atoms with Crippen molar-refractivity contribution in [2.45, 2.75) is 6.92 Å². The second-order valence-corrected chi connectivity index (χ2v) is 7.31. The van der Waals surface area contributed by atoms with Crippen LogP contribution in [0.15, 0.2) is 52.6 Å². The quantitative estimate of drug-likeness (QED) is 0.546. The summed E-state index contributed by atoms with van der Waals surface area (Å²) < 4.78 is 0.985. The minimum Gasteiger partial charge on any atom is -0.367 e. The molecule has 0 aromatic heterocycles. The monoisotopic (exact) mass is 435 g/mol. The molecular weight excluding hydrogens is 422 g/mol. The highest BCUT2D eigenvalue weighted by Crippen LogP contribution is 2.21. The summed E-state index contributed by atoms with van der Waals surface area (Å²) >= 11 is 14.7. The van der Waals surface area contributed by atoms with E-state index in [0.29, 0.717) is 15.8 Å². The van der Waals surface area contributed by atoms with Crippen LogP contribution in [-0.4, -0.2) is 22.6 Å². The molecule has 1 fully saturated rings. The lowest BCUT2D eigenvalue weighted by Crippen LogP contribution is -2.35. The van der Waals surface area contributed by atoms with Crippen LogP contribution in [-0.2, 0) is 4.79 Å². The van der Waals surface area contributed by atoms with E-state index < -0.39 is 0 Å². The summed E-state index contributed by atoms with van der Waals surface area (Å²) in [5, 5.41) is 7.19. The van der Waals surface area contributed by atoms with Gasteiger partial charge in [-0.1, -0.05) is 45.7 Å². The fraction of sp³-hybridized carbons (Fsp3) is 0.111. The molecule has 0 unspecified atom stereocenters. The van der Waals surface area contributed by atoms with Crippen LogP contribution in [0.25, 0.3) is 6.08 Å². The number of anilines is 1. The third kappa shape index (κ3) is 4.21. The summed E-state index contributed by atoms with van der Waals surface area (Å²) in [4.78, 5) is 14.1. The molecule has 25 heavy (non-hydrogen) atoms. The lowest BCUT2D eigenvalue weighted by Gasteiger charge is -2.17. The largest absolute Gasteiger partial charge is 0.367 e. The average molecular weight is 437 g/mol. The molecule has 2 N–H and O–H groups in total. The number of amides is 1. The molecule has 3 rings (SSSR count). The van der Waals surface area contributed by atoms with Crippen molar-refractivity contribution >= 4 is 62.5 Å². The summed E-state index contributed by atoms with van der Waals surface area (Å²) in [6.07, 6.45) is 1.78. The van der Waals surface area contributed by atoms with Crippen molar-refractivity contribution < 1.29 is 4.79 Å². The standard InChI is InChI=1S/C18H15BrClN3OS/c1-11-2-7-14(20)9-15(11)21-10-23-17(24)16(22-18(23)25)8-12-3-5-13(19)6-4-12/h2-9,21H,10H2,1H3,(H,22,25). The Morgan fingerprint density at radius 1 is 1.28 bits per heavy atom. The van der Waals surface area contributed by atoms with E-state index >= 15 is 0 Å². The van der Waals surface area contributed by atoms with Crippen molar-refractivity contribution in [3.05, 3.63) is 68.8 Å². The van der Waals surface area contributed by atoms with Gasteiger partial charge in [0.2, 0.25) is 0 Å². The molecule has 128 valence electrons. The number of carbonyl (C=O) groups is 1.